The number of nitriles is 2. The minimum absolute atomic E-state index is 0.203. The number of hydrogen-bond acceptors (Lipinski definition) is 4. The van der Waals surface area contributed by atoms with Gasteiger partial charge in [0.1, 0.15) is 29.3 Å². The Labute approximate surface area is 220 Å². The quantitative estimate of drug-likeness (QED) is 0.181. The Kier molecular flexibility index (Phi) is 6.15. The van der Waals surface area contributed by atoms with Crippen LogP contribution >= 0.6 is 22.7 Å². The summed E-state index contributed by atoms with van der Waals surface area (Å²) < 4.78 is 60.8. The highest BCUT2D eigenvalue weighted by molar-refractivity contribution is 7.18. The highest BCUT2D eigenvalue weighted by Gasteiger charge is 2.23. The molecule has 2 heterocycles. The molecule has 0 bridgehead atoms. The second-order valence-corrected chi connectivity index (χ2v) is 9.68. The first kappa shape index (κ1) is 24.7. The van der Waals surface area contributed by atoms with Crippen LogP contribution in [0.3, 0.4) is 0 Å². The summed E-state index contributed by atoms with van der Waals surface area (Å²) in [6, 6.07) is 10.1. The third-order valence-electron chi connectivity index (χ3n) is 5.85. The number of halogens is 4. The average molecular weight is 541 g/mol. The highest BCUT2D eigenvalue weighted by atomic mass is 32.1. The zero-order valence-electron chi connectivity index (χ0n) is 18.7. The van der Waals surface area contributed by atoms with Crippen LogP contribution in [0.2, 0.25) is 0 Å². The number of thiophene rings is 2. The van der Waals surface area contributed by atoms with E-state index in [2.05, 4.69) is 9.69 Å². The zero-order chi connectivity index (χ0) is 27.1. The van der Waals surface area contributed by atoms with Crippen molar-refractivity contribution < 1.29 is 17.6 Å². The zero-order valence-corrected chi connectivity index (χ0v) is 20.4. The summed E-state index contributed by atoms with van der Waals surface area (Å²) in [6.07, 6.45) is 0. The Morgan fingerprint density at radius 3 is 1.79 bits per heavy atom. The lowest BCUT2D eigenvalue weighted by Crippen LogP contribution is -2.18. The Morgan fingerprint density at radius 1 is 0.763 bits per heavy atom. The molecule has 0 aliphatic rings. The Morgan fingerprint density at radius 2 is 1.29 bits per heavy atom. The third-order valence-corrected chi connectivity index (χ3v) is 7.71. The first-order valence-corrected chi connectivity index (χ1v) is 12.3. The summed E-state index contributed by atoms with van der Waals surface area (Å²) in [5.74, 6) is -4.34. The maximum absolute atomic E-state index is 15.0. The van der Waals surface area contributed by atoms with Gasteiger partial charge in [-0.15, -0.1) is 22.7 Å². The lowest BCUT2D eigenvalue weighted by molar-refractivity contribution is 0.576. The fraction of sp³-hybridized carbons (Fsp3) is 0. The third kappa shape index (κ3) is 3.69. The highest BCUT2D eigenvalue weighted by Crippen LogP contribution is 2.31. The largest absolute Gasteiger partial charge is 0.238 e. The molecule has 0 spiro atoms. The van der Waals surface area contributed by atoms with Gasteiger partial charge in [-0.05, 0) is 52.5 Å². The van der Waals surface area contributed by atoms with Gasteiger partial charge in [0.15, 0.2) is 5.69 Å². The standard InChI is InChI=1S/C28H8F4N4S2/c1-35-14-9-20(31)23(21(32)10-14)17(12-34)22-15-3-5-38-28(15)24(16-4-6-37-27(16)22)26(36-2)25-18(29)7-13(11-33)8-19(25)30/h3-10H/b22-17-,26-24+. The van der Waals surface area contributed by atoms with Gasteiger partial charge in [-0.25, -0.2) is 27.3 Å². The molecule has 5 aromatic rings. The molecule has 0 radical (unpaired) electrons. The van der Waals surface area contributed by atoms with Crippen LogP contribution in [0.5, 0.6) is 0 Å². The van der Waals surface area contributed by atoms with E-state index < -0.39 is 34.4 Å². The average Bonchev–Trinajstić information content (AvgIpc) is 3.57. The topological polar surface area (TPSA) is 56.3 Å². The normalized spacial score (nSPS) is 12.4. The SMILES string of the molecule is [C-]#[N+]/C(c1c(F)cc(C#N)cc1F)=c1\c2ccsc2/c(=C(/C#N)c2c(F)cc([N+]#[C-])cc2F)c2ccsc12. The van der Waals surface area contributed by atoms with E-state index in [1.807, 2.05) is 6.07 Å². The van der Waals surface area contributed by atoms with Crippen molar-refractivity contribution in [2.45, 2.75) is 0 Å². The minimum Gasteiger partial charge on any atom is -0.238 e. The first-order valence-electron chi connectivity index (χ1n) is 10.5. The molecule has 0 saturated heterocycles. The van der Waals surface area contributed by atoms with E-state index in [0.717, 1.165) is 46.9 Å². The van der Waals surface area contributed by atoms with E-state index >= 15 is 17.6 Å². The van der Waals surface area contributed by atoms with Gasteiger partial charge in [0.25, 0.3) is 0 Å². The van der Waals surface area contributed by atoms with Gasteiger partial charge in [-0.3, -0.25) is 0 Å². The molecule has 180 valence electrons. The van der Waals surface area contributed by atoms with Gasteiger partial charge in [0, 0.05) is 25.2 Å². The summed E-state index contributed by atoms with van der Waals surface area (Å²) in [7, 11) is 0. The van der Waals surface area contributed by atoms with Crippen LogP contribution in [0.1, 0.15) is 16.7 Å². The van der Waals surface area contributed by atoms with Gasteiger partial charge in [-0.1, -0.05) is 0 Å². The summed E-state index contributed by atoms with van der Waals surface area (Å²) in [5.41, 5.74) is -2.38. The molecule has 0 unspecified atom stereocenters. The second kappa shape index (κ2) is 9.47. The molecular formula is C28H8F4N4S2. The Balaban J connectivity index is 2.05. The number of nitrogens with zero attached hydrogens (tertiary/aromatic N) is 4. The lowest BCUT2D eigenvalue weighted by atomic mass is 9.97. The molecular weight excluding hydrogens is 532 g/mol. The molecule has 3 aromatic carbocycles. The molecule has 0 N–H and O–H groups in total. The van der Waals surface area contributed by atoms with E-state index in [1.165, 1.54) is 0 Å². The number of benzene rings is 3. The van der Waals surface area contributed by atoms with Crippen molar-refractivity contribution in [1.82, 2.24) is 0 Å². The lowest BCUT2D eigenvalue weighted by Gasteiger charge is -2.09. The summed E-state index contributed by atoms with van der Waals surface area (Å²) in [5, 5.41) is 23.5. The predicted molar refractivity (Wildman–Crippen MR) is 137 cm³/mol. The molecule has 0 atom stereocenters. The predicted octanol–water partition coefficient (Wildman–Crippen LogP) is 6.89. The van der Waals surface area contributed by atoms with Gasteiger partial charge in [0.2, 0.25) is 5.70 Å². The molecule has 0 aliphatic carbocycles. The van der Waals surface area contributed by atoms with E-state index in [4.69, 9.17) is 18.4 Å². The van der Waals surface area contributed by atoms with Crippen molar-refractivity contribution in [1.29, 1.82) is 10.5 Å². The van der Waals surface area contributed by atoms with Crippen molar-refractivity contribution in [3.05, 3.63) is 120 Å². The van der Waals surface area contributed by atoms with Gasteiger partial charge in [-0.2, -0.15) is 10.5 Å². The number of fused-ring (bicyclic) bond motifs is 2. The van der Waals surface area contributed by atoms with Crippen LogP contribution < -0.4 is 10.4 Å². The summed E-state index contributed by atoms with van der Waals surface area (Å²) >= 11 is 2.27. The van der Waals surface area contributed by atoms with Crippen molar-refractivity contribution in [2.24, 2.45) is 0 Å². The van der Waals surface area contributed by atoms with E-state index in [0.29, 0.717) is 20.2 Å². The fourth-order valence-corrected chi connectivity index (χ4v) is 6.26. The van der Waals surface area contributed by atoms with Crippen LogP contribution in [0.4, 0.5) is 23.2 Å². The van der Waals surface area contributed by atoms with Crippen molar-refractivity contribution in [3.8, 4) is 12.1 Å². The minimum atomic E-state index is -1.09. The molecule has 0 saturated carbocycles. The molecule has 10 heteroatoms. The van der Waals surface area contributed by atoms with Crippen LogP contribution in [0.15, 0.2) is 47.2 Å². The maximum Gasteiger partial charge on any atom is 0.209 e. The molecule has 2 aromatic heterocycles. The van der Waals surface area contributed by atoms with Crippen LogP contribution in [-0.2, 0) is 0 Å². The van der Waals surface area contributed by atoms with Crippen molar-refractivity contribution >= 4 is 59.8 Å². The Bertz CT molecular complexity index is 1880. The first-order chi connectivity index (χ1) is 18.3. The van der Waals surface area contributed by atoms with Gasteiger partial charge >= 0.3 is 0 Å². The monoisotopic (exact) mass is 540 g/mol. The van der Waals surface area contributed by atoms with E-state index in [-0.39, 0.29) is 33.0 Å². The number of hydrogen-bond donors (Lipinski definition) is 0. The smallest absolute Gasteiger partial charge is 0.209 e. The molecule has 38 heavy (non-hydrogen) atoms. The van der Waals surface area contributed by atoms with Crippen LogP contribution in [-0.4, -0.2) is 0 Å². The molecule has 0 aliphatic heterocycles. The Hall–Kier alpha value is -5.00. The van der Waals surface area contributed by atoms with Crippen LogP contribution in [0.25, 0.3) is 41.1 Å². The van der Waals surface area contributed by atoms with Crippen molar-refractivity contribution in [2.75, 3.05) is 0 Å². The molecule has 0 amide bonds. The van der Waals surface area contributed by atoms with Crippen molar-refractivity contribution in [3.63, 3.8) is 0 Å². The van der Waals surface area contributed by atoms with E-state index in [9.17, 15) is 5.26 Å². The summed E-state index contributed by atoms with van der Waals surface area (Å²) in [6.45, 7) is 14.8. The fourth-order valence-electron chi connectivity index (χ4n) is 4.33. The van der Waals surface area contributed by atoms with Gasteiger partial charge in [0.05, 0.1) is 41.5 Å². The van der Waals surface area contributed by atoms with E-state index in [1.54, 1.807) is 29.0 Å². The molecule has 0 fully saturated rings. The molecule has 4 nitrogen and oxygen atoms in total. The van der Waals surface area contributed by atoms with Crippen LogP contribution in [0, 0.1) is 59.1 Å². The second-order valence-electron chi connectivity index (χ2n) is 7.85. The summed E-state index contributed by atoms with van der Waals surface area (Å²) in [4.78, 5) is 6.50. The number of rotatable bonds is 2. The molecule has 5 rings (SSSR count). The van der Waals surface area contributed by atoms with Gasteiger partial charge < -0.3 is 0 Å². The maximum atomic E-state index is 15.0.